The highest BCUT2D eigenvalue weighted by Gasteiger charge is 2.30. The third-order valence-corrected chi connectivity index (χ3v) is 4.72. The normalized spacial score (nSPS) is 19.9. The Morgan fingerprint density at radius 3 is 2.71 bits per heavy atom. The van der Waals surface area contributed by atoms with Gasteiger partial charge in [-0.2, -0.15) is 0 Å². The number of fused-ring (bicyclic) bond motifs is 1. The summed E-state index contributed by atoms with van der Waals surface area (Å²) in [4.78, 5) is 0. The molecule has 1 N–H and O–H groups in total. The molecule has 0 amide bonds. The lowest BCUT2D eigenvalue weighted by Crippen LogP contribution is -2.43. The first kappa shape index (κ1) is 16.4. The minimum Gasteiger partial charge on any atom is -0.488 e. The van der Waals surface area contributed by atoms with Crippen molar-refractivity contribution >= 4 is 0 Å². The van der Waals surface area contributed by atoms with Crippen molar-refractivity contribution in [1.82, 2.24) is 5.32 Å². The van der Waals surface area contributed by atoms with E-state index in [4.69, 9.17) is 4.74 Å². The van der Waals surface area contributed by atoms with Crippen molar-refractivity contribution in [3.63, 3.8) is 0 Å². The molecule has 21 heavy (non-hydrogen) atoms. The molecule has 2 nitrogen and oxygen atoms in total. The number of benzene rings is 1. The lowest BCUT2D eigenvalue weighted by Gasteiger charge is -2.28. The molecule has 118 valence electrons. The Labute approximate surface area is 130 Å². The minimum absolute atomic E-state index is 0.304. The SMILES string of the molecule is CCCCC(CC)CC(NCC)C1Cc2ccccc2O1. The number of hydrogen-bond acceptors (Lipinski definition) is 2. The Bertz CT molecular complexity index is 393. The number of unbranched alkanes of at least 4 members (excludes halogenated alkanes) is 1. The van der Waals surface area contributed by atoms with Gasteiger partial charge in [-0.05, 0) is 30.5 Å². The zero-order chi connectivity index (χ0) is 15.1. The van der Waals surface area contributed by atoms with E-state index in [-0.39, 0.29) is 0 Å². The second-order valence-electron chi connectivity index (χ2n) is 6.28. The van der Waals surface area contributed by atoms with Crippen LogP contribution in [0.1, 0.15) is 58.4 Å². The molecule has 1 heterocycles. The van der Waals surface area contributed by atoms with Gasteiger partial charge >= 0.3 is 0 Å². The van der Waals surface area contributed by atoms with Gasteiger partial charge in [0.1, 0.15) is 11.9 Å². The van der Waals surface area contributed by atoms with E-state index >= 15 is 0 Å². The average molecular weight is 289 g/mol. The molecule has 1 aromatic rings. The van der Waals surface area contributed by atoms with E-state index in [2.05, 4.69) is 50.4 Å². The number of hydrogen-bond donors (Lipinski definition) is 1. The van der Waals surface area contributed by atoms with Gasteiger partial charge in [0.15, 0.2) is 0 Å². The summed E-state index contributed by atoms with van der Waals surface area (Å²) in [5.41, 5.74) is 1.37. The maximum atomic E-state index is 6.21. The van der Waals surface area contributed by atoms with Crippen molar-refractivity contribution in [1.29, 1.82) is 0 Å². The summed E-state index contributed by atoms with van der Waals surface area (Å²) in [5, 5.41) is 3.68. The minimum atomic E-state index is 0.304. The second-order valence-corrected chi connectivity index (χ2v) is 6.28. The standard InChI is InChI=1S/C19H31NO/c1-4-7-10-15(5-2)13-17(20-6-3)19-14-16-11-8-9-12-18(16)21-19/h8-9,11-12,15,17,19-20H,4-7,10,13-14H2,1-3H3. The number of likely N-dealkylation sites (N-methyl/N-ethyl adjacent to an activating group) is 1. The van der Waals surface area contributed by atoms with Gasteiger partial charge in [-0.1, -0.05) is 64.7 Å². The largest absolute Gasteiger partial charge is 0.488 e. The fourth-order valence-corrected chi connectivity index (χ4v) is 3.40. The number of nitrogens with one attached hydrogen (secondary N) is 1. The Balaban J connectivity index is 1.96. The van der Waals surface area contributed by atoms with Crippen LogP contribution in [0.4, 0.5) is 0 Å². The van der Waals surface area contributed by atoms with Crippen LogP contribution in [-0.2, 0) is 6.42 Å². The average Bonchev–Trinajstić information content (AvgIpc) is 2.94. The van der Waals surface area contributed by atoms with Crippen LogP contribution in [0.25, 0.3) is 0 Å². The molecule has 3 unspecified atom stereocenters. The topological polar surface area (TPSA) is 21.3 Å². The third-order valence-electron chi connectivity index (χ3n) is 4.72. The number of para-hydroxylation sites is 1. The van der Waals surface area contributed by atoms with Gasteiger partial charge in [-0.15, -0.1) is 0 Å². The highest BCUT2D eigenvalue weighted by atomic mass is 16.5. The molecule has 3 atom stereocenters. The maximum Gasteiger partial charge on any atom is 0.123 e. The molecule has 0 fully saturated rings. The molecule has 2 heteroatoms. The van der Waals surface area contributed by atoms with Gasteiger partial charge in [0.25, 0.3) is 0 Å². The van der Waals surface area contributed by atoms with Gasteiger partial charge in [-0.25, -0.2) is 0 Å². The van der Waals surface area contributed by atoms with Crippen molar-refractivity contribution in [2.24, 2.45) is 5.92 Å². The Morgan fingerprint density at radius 1 is 1.24 bits per heavy atom. The summed E-state index contributed by atoms with van der Waals surface area (Å²) in [7, 11) is 0. The van der Waals surface area contributed by atoms with E-state index in [9.17, 15) is 0 Å². The van der Waals surface area contributed by atoms with E-state index in [1.165, 1.54) is 37.7 Å². The van der Waals surface area contributed by atoms with Crippen LogP contribution in [0.5, 0.6) is 5.75 Å². The molecule has 0 aliphatic carbocycles. The zero-order valence-electron chi connectivity index (χ0n) is 13.9. The van der Waals surface area contributed by atoms with Crippen LogP contribution in [0.15, 0.2) is 24.3 Å². The molecule has 1 aliphatic heterocycles. The van der Waals surface area contributed by atoms with Gasteiger partial charge in [0, 0.05) is 12.5 Å². The maximum absolute atomic E-state index is 6.21. The van der Waals surface area contributed by atoms with Crippen LogP contribution in [0, 0.1) is 5.92 Å². The third kappa shape index (κ3) is 4.47. The lowest BCUT2D eigenvalue weighted by atomic mass is 9.89. The lowest BCUT2D eigenvalue weighted by molar-refractivity contribution is 0.157. The molecule has 0 bridgehead atoms. The number of ether oxygens (including phenoxy) is 1. The predicted molar refractivity (Wildman–Crippen MR) is 89.9 cm³/mol. The molecule has 2 rings (SSSR count). The summed E-state index contributed by atoms with van der Waals surface area (Å²) >= 11 is 0. The van der Waals surface area contributed by atoms with E-state index in [0.29, 0.717) is 12.1 Å². The van der Waals surface area contributed by atoms with Gasteiger partial charge in [-0.3, -0.25) is 0 Å². The fraction of sp³-hybridized carbons (Fsp3) is 0.684. The summed E-state index contributed by atoms with van der Waals surface area (Å²) in [6.45, 7) is 7.83. The monoisotopic (exact) mass is 289 g/mol. The van der Waals surface area contributed by atoms with Crippen molar-refractivity contribution in [2.45, 2.75) is 71.4 Å². The van der Waals surface area contributed by atoms with Crippen LogP contribution in [-0.4, -0.2) is 18.7 Å². The molecule has 0 spiro atoms. The van der Waals surface area contributed by atoms with Crippen LogP contribution < -0.4 is 10.1 Å². The second kappa shape index (κ2) is 8.43. The van der Waals surface area contributed by atoms with Crippen LogP contribution in [0.2, 0.25) is 0 Å². The van der Waals surface area contributed by atoms with Gasteiger partial charge in [0.2, 0.25) is 0 Å². The Morgan fingerprint density at radius 2 is 2.05 bits per heavy atom. The van der Waals surface area contributed by atoms with Crippen LogP contribution >= 0.6 is 0 Å². The van der Waals surface area contributed by atoms with Crippen molar-refractivity contribution in [3.05, 3.63) is 29.8 Å². The molecule has 0 saturated carbocycles. The van der Waals surface area contributed by atoms with Gasteiger partial charge < -0.3 is 10.1 Å². The fourth-order valence-electron chi connectivity index (χ4n) is 3.40. The first-order valence-corrected chi connectivity index (χ1v) is 8.76. The molecule has 0 radical (unpaired) electrons. The van der Waals surface area contributed by atoms with E-state index in [1.807, 2.05) is 0 Å². The van der Waals surface area contributed by atoms with Crippen LogP contribution in [0.3, 0.4) is 0 Å². The van der Waals surface area contributed by atoms with E-state index in [1.54, 1.807) is 0 Å². The van der Waals surface area contributed by atoms with Crippen molar-refractivity contribution in [3.8, 4) is 5.75 Å². The molecule has 1 aliphatic rings. The first-order valence-electron chi connectivity index (χ1n) is 8.76. The predicted octanol–water partition coefficient (Wildman–Crippen LogP) is 4.57. The summed E-state index contributed by atoms with van der Waals surface area (Å²) < 4.78 is 6.21. The zero-order valence-corrected chi connectivity index (χ0v) is 13.9. The summed E-state index contributed by atoms with van der Waals surface area (Å²) in [6, 6.07) is 8.96. The van der Waals surface area contributed by atoms with E-state index < -0.39 is 0 Å². The van der Waals surface area contributed by atoms with Crippen molar-refractivity contribution < 1.29 is 4.74 Å². The Kier molecular flexibility index (Phi) is 6.56. The molecular weight excluding hydrogens is 258 g/mol. The number of rotatable bonds is 9. The first-order chi connectivity index (χ1) is 10.3. The summed E-state index contributed by atoms with van der Waals surface area (Å²) in [5.74, 6) is 1.91. The van der Waals surface area contributed by atoms with Gasteiger partial charge in [0.05, 0.1) is 0 Å². The molecular formula is C19H31NO. The smallest absolute Gasteiger partial charge is 0.123 e. The quantitative estimate of drug-likeness (QED) is 0.718. The summed E-state index contributed by atoms with van der Waals surface area (Å²) in [6.07, 6.45) is 7.88. The highest BCUT2D eigenvalue weighted by Crippen LogP contribution is 2.31. The molecule has 1 aromatic carbocycles. The molecule has 0 saturated heterocycles. The van der Waals surface area contributed by atoms with E-state index in [0.717, 1.165) is 24.6 Å². The highest BCUT2D eigenvalue weighted by molar-refractivity contribution is 5.37. The van der Waals surface area contributed by atoms with Crippen molar-refractivity contribution in [2.75, 3.05) is 6.54 Å². The Hall–Kier alpha value is -1.02. The molecule has 0 aromatic heterocycles.